The molecule has 2 nitrogen and oxygen atoms in total. The summed E-state index contributed by atoms with van der Waals surface area (Å²) in [7, 11) is 0. The van der Waals surface area contributed by atoms with Gasteiger partial charge >= 0.3 is 0 Å². The van der Waals surface area contributed by atoms with E-state index in [9.17, 15) is 9.90 Å². The molecule has 6 heteroatoms. The molecule has 0 saturated heterocycles. The molecule has 0 aliphatic heterocycles. The van der Waals surface area contributed by atoms with Gasteiger partial charge in [-0.3, -0.25) is 0 Å². The van der Waals surface area contributed by atoms with Crippen molar-refractivity contribution in [2.45, 2.75) is 6.92 Å². The maximum absolute atomic E-state index is 11.2. The summed E-state index contributed by atoms with van der Waals surface area (Å²) in [4.78, 5) is 12.4. The van der Waals surface area contributed by atoms with Gasteiger partial charge in [-0.05, 0) is 52.0 Å². The van der Waals surface area contributed by atoms with Gasteiger partial charge in [0.05, 0.1) is 14.1 Å². The van der Waals surface area contributed by atoms with Gasteiger partial charge in [-0.2, -0.15) is 0 Å². The molecule has 0 saturated carbocycles. The third-order valence-electron chi connectivity index (χ3n) is 2.23. The average Bonchev–Trinajstić information content (AvgIpc) is 2.81. The standard InChI is InChI=1S/C12H8BrClO2S2/c1-6-2-7(5-17-6)3-9(12(15)16)8-4-10(14)18-11(8)13/h2-5H,1H3,(H,15,16)/p-1/b9-3+. The van der Waals surface area contributed by atoms with Gasteiger partial charge in [-0.15, -0.1) is 22.7 Å². The Balaban J connectivity index is 2.50. The van der Waals surface area contributed by atoms with E-state index in [1.807, 2.05) is 18.4 Å². The minimum absolute atomic E-state index is 0.128. The molecule has 0 unspecified atom stereocenters. The Bertz CT molecular complexity index is 628. The molecule has 0 fully saturated rings. The fourth-order valence-electron chi connectivity index (χ4n) is 1.48. The zero-order valence-electron chi connectivity index (χ0n) is 9.20. The molecule has 0 spiro atoms. The van der Waals surface area contributed by atoms with Crippen molar-refractivity contribution in [2.24, 2.45) is 0 Å². The predicted octanol–water partition coefficient (Wildman–Crippen LogP) is 3.82. The van der Waals surface area contributed by atoms with Crippen molar-refractivity contribution in [1.29, 1.82) is 0 Å². The van der Waals surface area contributed by atoms with Gasteiger partial charge in [0.1, 0.15) is 0 Å². The van der Waals surface area contributed by atoms with Crippen LogP contribution in [0.25, 0.3) is 11.6 Å². The largest absolute Gasteiger partial charge is 0.545 e. The molecule has 0 N–H and O–H groups in total. The van der Waals surface area contributed by atoms with E-state index < -0.39 is 5.97 Å². The second-order valence-electron chi connectivity index (χ2n) is 3.57. The van der Waals surface area contributed by atoms with Crippen molar-refractivity contribution in [3.63, 3.8) is 0 Å². The van der Waals surface area contributed by atoms with E-state index in [4.69, 9.17) is 11.6 Å². The molecule has 0 atom stereocenters. The number of rotatable bonds is 3. The molecule has 0 aromatic carbocycles. The molecule has 2 heterocycles. The Morgan fingerprint density at radius 3 is 2.67 bits per heavy atom. The number of carboxylic acids is 1. The van der Waals surface area contributed by atoms with Crippen molar-refractivity contribution in [1.82, 2.24) is 0 Å². The minimum Gasteiger partial charge on any atom is -0.545 e. The Hall–Kier alpha value is -0.620. The summed E-state index contributed by atoms with van der Waals surface area (Å²) >= 11 is 12.0. The molecular weight excluding hydrogens is 356 g/mol. The lowest BCUT2D eigenvalue weighted by atomic mass is 10.1. The maximum atomic E-state index is 11.2. The fraction of sp³-hybridized carbons (Fsp3) is 0.0833. The molecule has 0 aliphatic rings. The lowest BCUT2D eigenvalue weighted by Crippen LogP contribution is -2.23. The normalized spacial score (nSPS) is 11.8. The zero-order chi connectivity index (χ0) is 13.3. The number of thiophene rings is 2. The molecule has 18 heavy (non-hydrogen) atoms. The summed E-state index contributed by atoms with van der Waals surface area (Å²) in [6.07, 6.45) is 1.60. The van der Waals surface area contributed by atoms with Crippen LogP contribution in [0.1, 0.15) is 16.0 Å². The SMILES string of the molecule is Cc1cc(/C=C(/C(=O)[O-])c2cc(Cl)sc2Br)cs1. The number of halogens is 2. The van der Waals surface area contributed by atoms with Crippen LogP contribution >= 0.6 is 50.2 Å². The smallest absolute Gasteiger partial charge is 0.0946 e. The molecule has 2 rings (SSSR count). The highest BCUT2D eigenvalue weighted by atomic mass is 79.9. The van der Waals surface area contributed by atoms with Crippen molar-refractivity contribution in [3.05, 3.63) is 41.6 Å². The monoisotopic (exact) mass is 361 g/mol. The molecule has 0 radical (unpaired) electrons. The number of aryl methyl sites for hydroxylation is 1. The van der Waals surface area contributed by atoms with E-state index in [-0.39, 0.29) is 5.57 Å². The first-order valence-electron chi connectivity index (χ1n) is 4.91. The van der Waals surface area contributed by atoms with Crippen LogP contribution in [0.4, 0.5) is 0 Å². The number of hydrogen-bond donors (Lipinski definition) is 0. The molecule has 0 bridgehead atoms. The minimum atomic E-state index is -1.21. The number of carbonyl (C=O) groups excluding carboxylic acids is 1. The third-order valence-corrected chi connectivity index (χ3v) is 5.07. The summed E-state index contributed by atoms with van der Waals surface area (Å²) < 4.78 is 1.22. The highest BCUT2D eigenvalue weighted by Crippen LogP contribution is 2.36. The van der Waals surface area contributed by atoms with Gasteiger partial charge in [0.2, 0.25) is 0 Å². The van der Waals surface area contributed by atoms with E-state index in [0.717, 1.165) is 10.4 Å². The lowest BCUT2D eigenvalue weighted by molar-refractivity contribution is -0.295. The van der Waals surface area contributed by atoms with E-state index in [1.54, 1.807) is 23.5 Å². The van der Waals surface area contributed by atoms with Crippen molar-refractivity contribution in [3.8, 4) is 0 Å². The first-order chi connectivity index (χ1) is 8.47. The van der Waals surface area contributed by atoms with E-state index >= 15 is 0 Å². The van der Waals surface area contributed by atoms with Crippen LogP contribution in [0.2, 0.25) is 4.34 Å². The predicted molar refractivity (Wildman–Crippen MR) is 79.0 cm³/mol. The Morgan fingerprint density at radius 1 is 1.50 bits per heavy atom. The summed E-state index contributed by atoms with van der Waals surface area (Å²) in [6.45, 7) is 1.97. The second-order valence-corrected chi connectivity index (χ2v) is 7.69. The van der Waals surface area contributed by atoms with Crippen LogP contribution in [0.15, 0.2) is 21.3 Å². The average molecular weight is 363 g/mol. The van der Waals surface area contributed by atoms with E-state index in [1.165, 1.54) is 11.3 Å². The highest BCUT2D eigenvalue weighted by Gasteiger charge is 2.12. The van der Waals surface area contributed by atoms with Gasteiger partial charge in [0.15, 0.2) is 0 Å². The maximum Gasteiger partial charge on any atom is 0.0946 e. The first-order valence-corrected chi connectivity index (χ1v) is 7.77. The van der Waals surface area contributed by atoms with E-state index in [0.29, 0.717) is 13.7 Å². The number of hydrogen-bond acceptors (Lipinski definition) is 4. The summed E-state index contributed by atoms with van der Waals surface area (Å²) in [6, 6.07) is 3.55. The van der Waals surface area contributed by atoms with Crippen molar-refractivity contribution < 1.29 is 9.90 Å². The molecule has 0 amide bonds. The van der Waals surface area contributed by atoms with Crippen molar-refractivity contribution >= 4 is 67.8 Å². The number of carboxylic acid groups (broad SMARTS) is 1. The van der Waals surface area contributed by atoms with Crippen LogP contribution in [-0.4, -0.2) is 5.97 Å². The van der Waals surface area contributed by atoms with Gasteiger partial charge in [0.25, 0.3) is 0 Å². The molecular formula is C12H7BrClO2S2-. The summed E-state index contributed by atoms with van der Waals surface area (Å²) in [5, 5.41) is 13.1. The molecule has 2 aromatic heterocycles. The van der Waals surface area contributed by atoms with Gasteiger partial charge in [-0.25, -0.2) is 0 Å². The molecule has 2 aromatic rings. The highest BCUT2D eigenvalue weighted by molar-refractivity contribution is 9.11. The summed E-state index contributed by atoms with van der Waals surface area (Å²) in [5.41, 5.74) is 1.53. The zero-order valence-corrected chi connectivity index (χ0v) is 13.2. The fourth-order valence-corrected chi connectivity index (χ4v) is 4.24. The van der Waals surface area contributed by atoms with Crippen LogP contribution in [-0.2, 0) is 4.79 Å². The topological polar surface area (TPSA) is 40.1 Å². The van der Waals surface area contributed by atoms with Gasteiger partial charge in [-0.1, -0.05) is 11.6 Å². The van der Waals surface area contributed by atoms with Crippen LogP contribution in [0.3, 0.4) is 0 Å². The second kappa shape index (κ2) is 5.57. The number of aliphatic carboxylic acids is 1. The summed E-state index contributed by atoms with van der Waals surface area (Å²) in [5.74, 6) is -1.21. The Labute approximate surface area is 126 Å². The van der Waals surface area contributed by atoms with Crippen LogP contribution in [0, 0.1) is 6.92 Å². The number of carbonyl (C=O) groups is 1. The van der Waals surface area contributed by atoms with Gasteiger partial charge in [0, 0.05) is 16.0 Å². The quantitative estimate of drug-likeness (QED) is 0.779. The van der Waals surface area contributed by atoms with Gasteiger partial charge < -0.3 is 9.90 Å². The molecule has 94 valence electrons. The molecule has 0 aliphatic carbocycles. The first kappa shape index (κ1) is 13.8. The van der Waals surface area contributed by atoms with E-state index in [2.05, 4.69) is 15.9 Å². The Morgan fingerprint density at radius 2 is 2.22 bits per heavy atom. The van der Waals surface area contributed by atoms with Crippen molar-refractivity contribution in [2.75, 3.05) is 0 Å². The van der Waals surface area contributed by atoms with Crippen LogP contribution < -0.4 is 5.11 Å². The van der Waals surface area contributed by atoms with Crippen LogP contribution in [0.5, 0.6) is 0 Å². The third kappa shape index (κ3) is 3.03. The Kier molecular flexibility index (Phi) is 4.27. The lowest BCUT2D eigenvalue weighted by Gasteiger charge is -2.07.